The van der Waals surface area contributed by atoms with E-state index in [1.165, 1.54) is 24.9 Å². The van der Waals surface area contributed by atoms with Gasteiger partial charge in [-0.25, -0.2) is 9.97 Å². The largest absolute Gasteiger partial charge is 0.338 e. The van der Waals surface area contributed by atoms with Crippen molar-refractivity contribution in [1.29, 1.82) is 0 Å². The van der Waals surface area contributed by atoms with E-state index in [1.807, 2.05) is 12.4 Å². The molecule has 0 bridgehead atoms. The fourth-order valence-electron chi connectivity index (χ4n) is 2.81. The lowest BCUT2D eigenvalue weighted by Gasteiger charge is -2.34. The summed E-state index contributed by atoms with van der Waals surface area (Å²) in [6, 6.07) is 0. The molecule has 0 radical (unpaired) electrons. The molecule has 0 aromatic carbocycles. The summed E-state index contributed by atoms with van der Waals surface area (Å²) >= 11 is 0. The first-order valence-electron chi connectivity index (χ1n) is 8.34. The van der Waals surface area contributed by atoms with Crippen molar-refractivity contribution in [3.8, 4) is 0 Å². The van der Waals surface area contributed by atoms with E-state index < -0.39 is 0 Å². The number of hydrogen-bond acceptors (Lipinski definition) is 5. The van der Waals surface area contributed by atoms with Crippen molar-refractivity contribution >= 4 is 5.95 Å². The number of rotatable bonds is 7. The summed E-state index contributed by atoms with van der Waals surface area (Å²) < 4.78 is 0. The molecule has 0 amide bonds. The summed E-state index contributed by atoms with van der Waals surface area (Å²) in [6.45, 7) is 9.81. The highest BCUT2D eigenvalue weighted by Crippen LogP contribution is 2.30. The lowest BCUT2D eigenvalue weighted by Crippen LogP contribution is -2.47. The average molecular weight is 289 g/mol. The molecular weight excluding hydrogens is 262 g/mol. The molecule has 21 heavy (non-hydrogen) atoms. The Morgan fingerprint density at radius 3 is 2.48 bits per heavy atom. The van der Waals surface area contributed by atoms with E-state index in [2.05, 4.69) is 32.0 Å². The van der Waals surface area contributed by atoms with Gasteiger partial charge in [-0.05, 0) is 31.7 Å². The Balaban J connectivity index is 1.45. The second-order valence-corrected chi connectivity index (χ2v) is 6.30. The van der Waals surface area contributed by atoms with E-state index in [4.69, 9.17) is 0 Å². The predicted octanol–water partition coefficient (Wildman–Crippen LogP) is 1.51. The SMILES string of the molecule is CCCNCc1cnc(N2CCN(CC3CC3)CC2)nc1. The van der Waals surface area contributed by atoms with Crippen molar-refractivity contribution in [1.82, 2.24) is 20.2 Å². The van der Waals surface area contributed by atoms with Crippen LogP contribution in [-0.2, 0) is 6.54 Å². The highest BCUT2D eigenvalue weighted by atomic mass is 15.3. The third-order valence-corrected chi connectivity index (χ3v) is 4.32. The Labute approximate surface area is 127 Å². The van der Waals surface area contributed by atoms with E-state index in [0.717, 1.165) is 57.6 Å². The van der Waals surface area contributed by atoms with Crippen molar-refractivity contribution in [2.45, 2.75) is 32.7 Å². The lowest BCUT2D eigenvalue weighted by molar-refractivity contribution is 0.247. The Bertz CT molecular complexity index is 421. The quantitative estimate of drug-likeness (QED) is 0.771. The van der Waals surface area contributed by atoms with E-state index in [-0.39, 0.29) is 0 Å². The lowest BCUT2D eigenvalue weighted by atomic mass is 10.3. The van der Waals surface area contributed by atoms with Gasteiger partial charge in [0.1, 0.15) is 0 Å². The van der Waals surface area contributed by atoms with Gasteiger partial charge in [0.15, 0.2) is 0 Å². The van der Waals surface area contributed by atoms with Crippen molar-refractivity contribution in [3.63, 3.8) is 0 Å². The van der Waals surface area contributed by atoms with Crippen LogP contribution < -0.4 is 10.2 Å². The molecule has 5 heteroatoms. The fourth-order valence-corrected chi connectivity index (χ4v) is 2.81. The van der Waals surface area contributed by atoms with Gasteiger partial charge < -0.3 is 10.2 Å². The zero-order valence-corrected chi connectivity index (χ0v) is 13.1. The molecule has 1 saturated heterocycles. The topological polar surface area (TPSA) is 44.3 Å². The summed E-state index contributed by atoms with van der Waals surface area (Å²) in [5.41, 5.74) is 1.17. The van der Waals surface area contributed by atoms with Crippen LogP contribution in [0, 0.1) is 5.92 Å². The van der Waals surface area contributed by atoms with Crippen molar-refractivity contribution in [2.24, 2.45) is 5.92 Å². The fraction of sp³-hybridized carbons (Fsp3) is 0.750. The minimum Gasteiger partial charge on any atom is -0.338 e. The molecule has 116 valence electrons. The van der Waals surface area contributed by atoms with Gasteiger partial charge in [0, 0.05) is 57.2 Å². The first kappa shape index (κ1) is 14.7. The molecule has 1 aliphatic carbocycles. The maximum Gasteiger partial charge on any atom is 0.225 e. The maximum absolute atomic E-state index is 4.54. The van der Waals surface area contributed by atoms with E-state index in [0.29, 0.717) is 0 Å². The van der Waals surface area contributed by atoms with E-state index in [9.17, 15) is 0 Å². The van der Waals surface area contributed by atoms with Gasteiger partial charge in [-0.3, -0.25) is 4.90 Å². The van der Waals surface area contributed by atoms with Crippen LogP contribution in [0.2, 0.25) is 0 Å². The predicted molar refractivity (Wildman–Crippen MR) is 85.4 cm³/mol. The van der Waals surface area contributed by atoms with Crippen LogP contribution >= 0.6 is 0 Å². The van der Waals surface area contributed by atoms with Crippen LogP contribution in [0.15, 0.2) is 12.4 Å². The highest BCUT2D eigenvalue weighted by Gasteiger charge is 2.26. The van der Waals surface area contributed by atoms with Gasteiger partial charge in [0.25, 0.3) is 0 Å². The first-order chi connectivity index (χ1) is 10.3. The van der Waals surface area contributed by atoms with Gasteiger partial charge in [-0.2, -0.15) is 0 Å². The molecule has 1 saturated carbocycles. The van der Waals surface area contributed by atoms with Crippen LogP contribution in [-0.4, -0.2) is 54.1 Å². The molecule has 1 aliphatic heterocycles. The van der Waals surface area contributed by atoms with Crippen LogP contribution in [0.3, 0.4) is 0 Å². The zero-order chi connectivity index (χ0) is 14.5. The minimum atomic E-state index is 0.864. The molecule has 2 heterocycles. The zero-order valence-electron chi connectivity index (χ0n) is 13.1. The molecule has 2 fully saturated rings. The molecule has 1 aromatic rings. The first-order valence-corrected chi connectivity index (χ1v) is 8.34. The monoisotopic (exact) mass is 289 g/mol. The molecule has 1 N–H and O–H groups in total. The molecule has 5 nitrogen and oxygen atoms in total. The second kappa shape index (κ2) is 7.18. The van der Waals surface area contributed by atoms with Gasteiger partial charge >= 0.3 is 0 Å². The van der Waals surface area contributed by atoms with Crippen LogP contribution in [0.4, 0.5) is 5.95 Å². The number of hydrogen-bond donors (Lipinski definition) is 1. The Kier molecular flexibility index (Phi) is 5.04. The molecule has 0 atom stereocenters. The minimum absolute atomic E-state index is 0.864. The molecule has 3 rings (SSSR count). The number of piperazine rings is 1. The number of aromatic nitrogens is 2. The summed E-state index contributed by atoms with van der Waals surface area (Å²) in [4.78, 5) is 14.0. The second-order valence-electron chi connectivity index (χ2n) is 6.30. The van der Waals surface area contributed by atoms with Gasteiger partial charge in [-0.15, -0.1) is 0 Å². The van der Waals surface area contributed by atoms with E-state index >= 15 is 0 Å². The Hall–Kier alpha value is -1.20. The van der Waals surface area contributed by atoms with Crippen LogP contribution in [0.5, 0.6) is 0 Å². The third-order valence-electron chi connectivity index (χ3n) is 4.32. The summed E-state index contributed by atoms with van der Waals surface area (Å²) in [5.74, 6) is 1.88. The molecule has 2 aliphatic rings. The third kappa shape index (κ3) is 4.38. The number of nitrogens with zero attached hydrogens (tertiary/aromatic N) is 4. The highest BCUT2D eigenvalue weighted by molar-refractivity contribution is 5.30. The van der Waals surface area contributed by atoms with Gasteiger partial charge in [0.05, 0.1) is 0 Å². The molecule has 0 spiro atoms. The van der Waals surface area contributed by atoms with Crippen molar-refractivity contribution < 1.29 is 0 Å². The average Bonchev–Trinajstić information content (AvgIpc) is 3.33. The van der Waals surface area contributed by atoms with Crippen LogP contribution in [0.1, 0.15) is 31.7 Å². The summed E-state index contributed by atoms with van der Waals surface area (Å²) in [6.07, 6.45) is 7.96. The molecule has 0 unspecified atom stereocenters. The van der Waals surface area contributed by atoms with Crippen molar-refractivity contribution in [3.05, 3.63) is 18.0 Å². The summed E-state index contributed by atoms with van der Waals surface area (Å²) in [5, 5.41) is 3.38. The molecular formula is C16H27N5. The van der Waals surface area contributed by atoms with E-state index in [1.54, 1.807) is 0 Å². The Morgan fingerprint density at radius 1 is 1.14 bits per heavy atom. The normalized spacial score (nSPS) is 20.0. The number of nitrogens with one attached hydrogen (secondary N) is 1. The number of anilines is 1. The Morgan fingerprint density at radius 2 is 1.86 bits per heavy atom. The van der Waals surface area contributed by atoms with Gasteiger partial charge in [0.2, 0.25) is 5.95 Å². The summed E-state index contributed by atoms with van der Waals surface area (Å²) in [7, 11) is 0. The van der Waals surface area contributed by atoms with Crippen molar-refractivity contribution in [2.75, 3.05) is 44.2 Å². The standard InChI is InChI=1S/C16H27N5/c1-2-5-17-10-15-11-18-16(19-12-15)21-8-6-20(7-9-21)13-14-3-4-14/h11-12,14,17H,2-10,13H2,1H3. The molecule has 1 aromatic heterocycles. The smallest absolute Gasteiger partial charge is 0.225 e. The van der Waals surface area contributed by atoms with Gasteiger partial charge in [-0.1, -0.05) is 6.92 Å². The van der Waals surface area contributed by atoms with Crippen LogP contribution in [0.25, 0.3) is 0 Å². The maximum atomic E-state index is 4.54.